The molecule has 2 aromatic carbocycles. The SMILES string of the molecule is NC1CCC(NS(=O)(=O)c2ccc(CNC(=O)c3cnc4[nH]ncc4c3)cc2)CC1.NC1CCN(S(=O)(=O)c2ccc(CNC(=O)c3cc4ccncc4s3)cc2)C1. The van der Waals surface area contributed by atoms with Crippen molar-refractivity contribution >= 4 is 64.3 Å². The van der Waals surface area contributed by atoms with E-state index in [1.807, 2.05) is 12.1 Å². The molecule has 1 aliphatic heterocycles. The third kappa shape index (κ3) is 9.92. The molecule has 1 aliphatic carbocycles. The molecule has 2 amide bonds. The maximum absolute atomic E-state index is 12.6. The summed E-state index contributed by atoms with van der Waals surface area (Å²) in [6.07, 6.45) is 10.4. The largest absolute Gasteiger partial charge is 0.348 e. The van der Waals surface area contributed by atoms with Crippen molar-refractivity contribution in [3.63, 3.8) is 0 Å². The first kappa shape index (κ1) is 41.0. The Kier molecular flexibility index (Phi) is 12.6. The fourth-order valence-corrected chi connectivity index (χ4v) is 10.5. The molecule has 1 unspecified atom stereocenters. The van der Waals surface area contributed by atoms with Gasteiger partial charge in [0.1, 0.15) is 0 Å². The summed E-state index contributed by atoms with van der Waals surface area (Å²) in [5, 5.41) is 14.0. The molecule has 2 aliphatic rings. The van der Waals surface area contributed by atoms with Gasteiger partial charge in [0.2, 0.25) is 20.0 Å². The van der Waals surface area contributed by atoms with Crippen LogP contribution in [0.5, 0.6) is 0 Å². The summed E-state index contributed by atoms with van der Waals surface area (Å²) in [4.78, 5) is 34.0. The van der Waals surface area contributed by atoms with Crippen molar-refractivity contribution in [3.05, 3.63) is 113 Å². The van der Waals surface area contributed by atoms with Crippen LogP contribution in [0.25, 0.3) is 21.1 Å². The predicted octanol–water partition coefficient (Wildman–Crippen LogP) is 3.38. The normalized spacial score (nSPS) is 18.8. The van der Waals surface area contributed by atoms with Gasteiger partial charge in [-0.15, -0.1) is 11.3 Å². The zero-order valence-corrected chi connectivity index (χ0v) is 33.8. The summed E-state index contributed by atoms with van der Waals surface area (Å²) in [5.74, 6) is -0.427. The molecule has 0 bridgehead atoms. The van der Waals surface area contributed by atoms with Crippen LogP contribution in [-0.4, -0.2) is 84.3 Å². The molecule has 8 rings (SSSR count). The number of nitrogens with one attached hydrogen (secondary N) is 4. The molecule has 58 heavy (non-hydrogen) atoms. The Labute approximate surface area is 339 Å². The lowest BCUT2D eigenvalue weighted by molar-refractivity contribution is 0.0944. The minimum Gasteiger partial charge on any atom is -0.348 e. The number of H-pyrrole nitrogens is 1. The number of hydrogen-bond donors (Lipinski definition) is 6. The first-order chi connectivity index (χ1) is 27.8. The molecule has 4 aromatic heterocycles. The van der Waals surface area contributed by atoms with Gasteiger partial charge in [-0.3, -0.25) is 19.7 Å². The van der Waals surface area contributed by atoms with Gasteiger partial charge < -0.3 is 22.1 Å². The molecule has 1 saturated carbocycles. The second-order valence-corrected chi connectivity index (χ2v) is 19.1. The van der Waals surface area contributed by atoms with E-state index >= 15 is 0 Å². The fourth-order valence-electron chi connectivity index (χ4n) is 6.72. The van der Waals surface area contributed by atoms with Crippen molar-refractivity contribution in [2.45, 2.75) is 73.1 Å². The molecule has 5 heterocycles. The lowest BCUT2D eigenvalue weighted by Crippen LogP contribution is -2.40. The number of aromatic amines is 1. The van der Waals surface area contributed by atoms with Crippen molar-refractivity contribution in [2.24, 2.45) is 11.5 Å². The molecule has 0 spiro atoms. The van der Waals surface area contributed by atoms with Crippen LogP contribution in [0.2, 0.25) is 0 Å². The lowest BCUT2D eigenvalue weighted by atomic mass is 9.93. The number of fused-ring (bicyclic) bond motifs is 2. The summed E-state index contributed by atoms with van der Waals surface area (Å²) >= 11 is 1.39. The van der Waals surface area contributed by atoms with Gasteiger partial charge >= 0.3 is 0 Å². The number of thiophene rings is 1. The van der Waals surface area contributed by atoms with Gasteiger partial charge in [-0.2, -0.15) is 9.40 Å². The van der Waals surface area contributed by atoms with Crippen LogP contribution in [0.1, 0.15) is 63.3 Å². The minimum atomic E-state index is -3.58. The maximum Gasteiger partial charge on any atom is 0.261 e. The standard InChI is InChI=1S/C20H24N6O3S.C19H20N4O3S2/c21-16-3-5-17(6-4-16)26-30(28,29)18-7-1-13(2-8-18)10-23-20(27)15-9-14-12-24-25-19(14)22-11-15;20-15-6-8-23(12-15)28(25,26)16-3-1-13(2-4-16)10-22-19(24)17-9-14-5-7-21-11-18(14)27-17/h1-2,7-9,11-12,16-17,26H,3-6,10,21H2,(H,23,27)(H,22,24,25);1-5,7,9,11,15H,6,8,10,12,20H2,(H,22,24). The van der Waals surface area contributed by atoms with E-state index in [1.165, 1.54) is 21.8 Å². The number of pyridine rings is 2. The maximum atomic E-state index is 12.6. The van der Waals surface area contributed by atoms with Crippen molar-refractivity contribution in [3.8, 4) is 0 Å². The molecule has 8 N–H and O–H groups in total. The molecule has 1 atom stereocenters. The van der Waals surface area contributed by atoms with Crippen LogP contribution < -0.4 is 26.8 Å². The van der Waals surface area contributed by atoms with Crippen molar-refractivity contribution in [1.29, 1.82) is 0 Å². The Morgan fingerprint density at radius 3 is 2.10 bits per heavy atom. The van der Waals surface area contributed by atoms with Gasteiger partial charge in [0, 0.05) is 68.3 Å². The molecule has 16 nitrogen and oxygen atoms in total. The van der Waals surface area contributed by atoms with Gasteiger partial charge in [0.25, 0.3) is 11.8 Å². The van der Waals surface area contributed by atoms with Gasteiger partial charge in [0.15, 0.2) is 5.65 Å². The Bertz CT molecular complexity index is 2570. The third-order valence-electron chi connectivity index (χ3n) is 10.1. The van der Waals surface area contributed by atoms with Crippen molar-refractivity contribution < 1.29 is 26.4 Å². The van der Waals surface area contributed by atoms with Crippen LogP contribution in [-0.2, 0) is 33.1 Å². The third-order valence-corrected chi connectivity index (χ3v) is 14.6. The van der Waals surface area contributed by atoms with Crippen LogP contribution in [0.4, 0.5) is 0 Å². The summed E-state index contributed by atoms with van der Waals surface area (Å²) in [5.41, 5.74) is 14.4. The van der Waals surface area contributed by atoms with E-state index in [0.29, 0.717) is 42.1 Å². The zero-order valence-electron chi connectivity index (χ0n) is 31.4. The van der Waals surface area contributed by atoms with Crippen molar-refractivity contribution in [2.75, 3.05) is 13.1 Å². The Morgan fingerprint density at radius 2 is 1.45 bits per heavy atom. The monoisotopic (exact) mass is 844 g/mol. The van der Waals surface area contributed by atoms with Crippen LogP contribution in [0.3, 0.4) is 0 Å². The summed E-state index contributed by atoms with van der Waals surface area (Å²) in [7, 11) is -7.09. The lowest BCUT2D eigenvalue weighted by Gasteiger charge is -2.26. The van der Waals surface area contributed by atoms with Crippen molar-refractivity contribution in [1.82, 2.24) is 39.8 Å². The predicted molar refractivity (Wildman–Crippen MR) is 221 cm³/mol. The molecule has 0 radical (unpaired) electrons. The number of amides is 2. The van der Waals surface area contributed by atoms with E-state index < -0.39 is 20.0 Å². The second kappa shape index (κ2) is 17.8. The summed E-state index contributed by atoms with van der Waals surface area (Å²) in [6.45, 7) is 1.40. The highest BCUT2D eigenvalue weighted by Gasteiger charge is 2.31. The highest BCUT2D eigenvalue weighted by atomic mass is 32.2. The second-order valence-electron chi connectivity index (χ2n) is 14.4. The van der Waals surface area contributed by atoms with E-state index in [4.69, 9.17) is 11.5 Å². The molecule has 2 fully saturated rings. The highest BCUT2D eigenvalue weighted by molar-refractivity contribution is 7.89. The van der Waals surface area contributed by atoms with Crippen LogP contribution >= 0.6 is 11.3 Å². The Hall–Kier alpha value is -5.15. The number of nitrogens with two attached hydrogens (primary N) is 2. The number of benzene rings is 2. The smallest absolute Gasteiger partial charge is 0.261 e. The summed E-state index contributed by atoms with van der Waals surface area (Å²) < 4.78 is 55.6. The number of carbonyl (C=O) groups excluding carboxylic acids is 2. The Balaban J connectivity index is 0.000000177. The first-order valence-corrected chi connectivity index (χ1v) is 22.5. The minimum absolute atomic E-state index is 0.0741. The number of nitrogens with zero attached hydrogens (tertiary/aromatic N) is 4. The van der Waals surface area contributed by atoms with E-state index in [0.717, 1.165) is 52.3 Å². The molecule has 1 saturated heterocycles. The molecular formula is C39H44N10O6S3. The van der Waals surface area contributed by atoms with Gasteiger partial charge in [-0.1, -0.05) is 24.3 Å². The quantitative estimate of drug-likeness (QED) is 0.110. The highest BCUT2D eigenvalue weighted by Crippen LogP contribution is 2.25. The fraction of sp³-hybridized carbons (Fsp3) is 0.308. The Morgan fingerprint density at radius 1 is 0.776 bits per heavy atom. The molecule has 6 aromatic rings. The van der Waals surface area contributed by atoms with Crippen LogP contribution in [0.15, 0.2) is 101 Å². The first-order valence-electron chi connectivity index (χ1n) is 18.7. The molecule has 19 heteroatoms. The van der Waals surface area contributed by atoms with Gasteiger partial charge in [-0.05, 0) is 91.1 Å². The van der Waals surface area contributed by atoms with E-state index in [2.05, 4.69) is 35.5 Å². The van der Waals surface area contributed by atoms with Crippen LogP contribution in [0, 0.1) is 0 Å². The van der Waals surface area contributed by atoms with E-state index in [-0.39, 0.29) is 46.3 Å². The average Bonchev–Trinajstić information content (AvgIpc) is 4.00. The molecular weight excluding hydrogens is 801 g/mol. The number of carbonyl (C=O) groups is 2. The van der Waals surface area contributed by atoms with Gasteiger partial charge in [-0.25, -0.2) is 26.5 Å². The van der Waals surface area contributed by atoms with E-state index in [1.54, 1.807) is 73.2 Å². The molecule has 304 valence electrons. The van der Waals surface area contributed by atoms with Gasteiger partial charge in [0.05, 0.1) is 31.1 Å². The number of rotatable bonds is 11. The number of hydrogen-bond acceptors (Lipinski definition) is 12. The number of aromatic nitrogens is 4. The summed E-state index contributed by atoms with van der Waals surface area (Å²) in [6, 6.07) is 18.5. The average molecular weight is 845 g/mol. The van der Waals surface area contributed by atoms with E-state index in [9.17, 15) is 26.4 Å². The topological polar surface area (TPSA) is 248 Å². The zero-order chi connectivity index (χ0) is 40.9. The number of sulfonamides is 2.